The van der Waals surface area contributed by atoms with Crippen LogP contribution >= 0.6 is 34.2 Å². The molecule has 110 valence electrons. The van der Waals surface area contributed by atoms with E-state index in [2.05, 4.69) is 4.98 Å². The minimum Gasteiger partial charge on any atom is -0.377 e. The van der Waals surface area contributed by atoms with Crippen LogP contribution in [0.5, 0.6) is 0 Å². The molecule has 0 saturated carbocycles. The summed E-state index contributed by atoms with van der Waals surface area (Å²) in [6.07, 6.45) is 0.710. The largest absolute Gasteiger partial charge is 0.377 e. The van der Waals surface area contributed by atoms with Gasteiger partial charge in [0.15, 0.2) is 0 Å². The van der Waals surface area contributed by atoms with Gasteiger partial charge in [-0.2, -0.15) is 0 Å². The number of benzene rings is 1. The van der Waals surface area contributed by atoms with Crippen LogP contribution in [0.3, 0.4) is 0 Å². The van der Waals surface area contributed by atoms with Crippen molar-refractivity contribution >= 4 is 45.2 Å². The Morgan fingerprint density at radius 1 is 1.50 bits per heavy atom. The monoisotopic (exact) mass is 410 g/mol. The fourth-order valence-electron chi connectivity index (χ4n) is 2.24. The maximum absolute atomic E-state index is 13.8. The standard InChI is InChI=1S/C14H17ClFIN2O/c1-3-20-9(2)8-19-13-6-10(16)11(17)7-12(13)18-14(19)4-5-15/h6-7,9H,3-5,8H2,1-2H3. The van der Waals surface area contributed by atoms with Crippen molar-refractivity contribution in [2.24, 2.45) is 0 Å². The number of hydrogen-bond acceptors (Lipinski definition) is 2. The number of fused-ring (bicyclic) bond motifs is 1. The third kappa shape index (κ3) is 3.43. The highest BCUT2D eigenvalue weighted by Crippen LogP contribution is 2.23. The normalized spacial score (nSPS) is 13.1. The Labute approximate surface area is 136 Å². The van der Waals surface area contributed by atoms with E-state index in [0.29, 0.717) is 29.0 Å². The average molecular weight is 411 g/mol. The highest BCUT2D eigenvalue weighted by molar-refractivity contribution is 14.1. The van der Waals surface area contributed by atoms with Gasteiger partial charge < -0.3 is 9.30 Å². The van der Waals surface area contributed by atoms with E-state index in [9.17, 15) is 4.39 Å². The molecule has 0 aliphatic carbocycles. The molecular weight excluding hydrogens is 394 g/mol. The summed E-state index contributed by atoms with van der Waals surface area (Å²) >= 11 is 7.81. The summed E-state index contributed by atoms with van der Waals surface area (Å²) in [5.41, 5.74) is 1.61. The van der Waals surface area contributed by atoms with Crippen molar-refractivity contribution in [2.45, 2.75) is 32.9 Å². The zero-order valence-electron chi connectivity index (χ0n) is 11.5. The molecule has 0 radical (unpaired) electrons. The molecule has 0 saturated heterocycles. The van der Waals surface area contributed by atoms with Gasteiger partial charge in [0.2, 0.25) is 0 Å². The maximum Gasteiger partial charge on any atom is 0.138 e. The summed E-state index contributed by atoms with van der Waals surface area (Å²) in [6, 6.07) is 3.31. The van der Waals surface area contributed by atoms with E-state index in [4.69, 9.17) is 16.3 Å². The molecule has 2 rings (SSSR count). The molecule has 0 amide bonds. The van der Waals surface area contributed by atoms with Crippen LogP contribution in [0.4, 0.5) is 4.39 Å². The lowest BCUT2D eigenvalue weighted by Crippen LogP contribution is -2.18. The topological polar surface area (TPSA) is 27.1 Å². The van der Waals surface area contributed by atoms with Crippen molar-refractivity contribution in [3.05, 3.63) is 27.3 Å². The van der Waals surface area contributed by atoms with Gasteiger partial charge in [0.05, 0.1) is 27.3 Å². The van der Waals surface area contributed by atoms with Crippen LogP contribution in [-0.2, 0) is 17.7 Å². The lowest BCUT2D eigenvalue weighted by molar-refractivity contribution is 0.0642. The van der Waals surface area contributed by atoms with Crippen LogP contribution in [0.15, 0.2) is 12.1 Å². The second-order valence-electron chi connectivity index (χ2n) is 4.60. The van der Waals surface area contributed by atoms with E-state index in [1.165, 1.54) is 0 Å². The van der Waals surface area contributed by atoms with Crippen LogP contribution in [0.1, 0.15) is 19.7 Å². The number of imidazole rings is 1. The number of halogens is 3. The third-order valence-electron chi connectivity index (χ3n) is 3.08. The summed E-state index contributed by atoms with van der Waals surface area (Å²) in [5, 5.41) is 0. The number of nitrogens with zero attached hydrogens (tertiary/aromatic N) is 2. The Balaban J connectivity index is 2.47. The third-order valence-corrected chi connectivity index (χ3v) is 4.09. The Morgan fingerprint density at radius 3 is 2.90 bits per heavy atom. The first-order valence-corrected chi connectivity index (χ1v) is 8.19. The lowest BCUT2D eigenvalue weighted by atomic mass is 10.3. The highest BCUT2D eigenvalue weighted by atomic mass is 127. The molecule has 6 heteroatoms. The van der Waals surface area contributed by atoms with E-state index in [1.807, 2.05) is 41.0 Å². The van der Waals surface area contributed by atoms with Crippen LogP contribution in [-0.4, -0.2) is 28.1 Å². The molecule has 1 heterocycles. The second-order valence-corrected chi connectivity index (χ2v) is 6.14. The Kier molecular flexibility index (Phi) is 5.63. The molecule has 0 spiro atoms. The second kappa shape index (κ2) is 7.04. The van der Waals surface area contributed by atoms with Crippen molar-refractivity contribution in [3.63, 3.8) is 0 Å². The van der Waals surface area contributed by atoms with Gasteiger partial charge in [-0.1, -0.05) is 0 Å². The van der Waals surface area contributed by atoms with E-state index in [0.717, 1.165) is 16.9 Å². The average Bonchev–Trinajstić information content (AvgIpc) is 2.69. The van der Waals surface area contributed by atoms with Gasteiger partial charge in [-0.25, -0.2) is 9.37 Å². The highest BCUT2D eigenvalue weighted by Gasteiger charge is 2.15. The van der Waals surface area contributed by atoms with Crippen molar-refractivity contribution in [1.29, 1.82) is 0 Å². The van der Waals surface area contributed by atoms with Crippen molar-refractivity contribution < 1.29 is 9.13 Å². The first-order chi connectivity index (χ1) is 9.56. The molecule has 20 heavy (non-hydrogen) atoms. The van der Waals surface area contributed by atoms with Crippen molar-refractivity contribution in [3.8, 4) is 0 Å². The molecule has 0 aliphatic heterocycles. The van der Waals surface area contributed by atoms with Crippen LogP contribution < -0.4 is 0 Å². The van der Waals surface area contributed by atoms with Gasteiger partial charge in [0, 0.05) is 25.0 Å². The smallest absolute Gasteiger partial charge is 0.138 e. The van der Waals surface area contributed by atoms with Gasteiger partial charge in [-0.3, -0.25) is 0 Å². The zero-order valence-corrected chi connectivity index (χ0v) is 14.4. The van der Waals surface area contributed by atoms with Gasteiger partial charge >= 0.3 is 0 Å². The van der Waals surface area contributed by atoms with Crippen molar-refractivity contribution in [2.75, 3.05) is 12.5 Å². The fraction of sp³-hybridized carbons (Fsp3) is 0.500. The number of aryl methyl sites for hydroxylation is 1. The summed E-state index contributed by atoms with van der Waals surface area (Å²) in [7, 11) is 0. The SMILES string of the molecule is CCOC(C)Cn1c(CCCl)nc2cc(I)c(F)cc21. The Morgan fingerprint density at radius 2 is 2.25 bits per heavy atom. The molecule has 2 aromatic rings. The summed E-state index contributed by atoms with van der Waals surface area (Å²) in [6.45, 7) is 5.27. The first-order valence-electron chi connectivity index (χ1n) is 6.58. The Hall–Kier alpha value is -0.400. The van der Waals surface area contributed by atoms with Crippen LogP contribution in [0.25, 0.3) is 11.0 Å². The molecule has 0 fully saturated rings. The van der Waals surface area contributed by atoms with Gasteiger partial charge in [-0.15, -0.1) is 11.6 Å². The van der Waals surface area contributed by atoms with Gasteiger partial charge in [0.25, 0.3) is 0 Å². The fourth-order valence-corrected chi connectivity index (χ4v) is 2.86. The number of rotatable bonds is 6. The van der Waals surface area contributed by atoms with Crippen LogP contribution in [0, 0.1) is 9.39 Å². The van der Waals surface area contributed by atoms with Crippen LogP contribution in [0.2, 0.25) is 0 Å². The van der Waals surface area contributed by atoms with Gasteiger partial charge in [-0.05, 0) is 42.5 Å². The first kappa shape index (κ1) is 16.0. The summed E-state index contributed by atoms with van der Waals surface area (Å²) in [5.74, 6) is 1.15. The number of aromatic nitrogens is 2. The maximum atomic E-state index is 13.8. The van der Waals surface area contributed by atoms with Crippen molar-refractivity contribution in [1.82, 2.24) is 9.55 Å². The molecule has 3 nitrogen and oxygen atoms in total. The predicted octanol–water partition coefficient (Wildman–Crippen LogP) is 3.99. The van der Waals surface area contributed by atoms with E-state index in [1.54, 1.807) is 12.1 Å². The minimum atomic E-state index is -0.222. The number of alkyl halides is 1. The molecule has 1 unspecified atom stereocenters. The molecular formula is C14H17ClFIN2O. The molecule has 1 aromatic carbocycles. The Bertz CT molecular complexity index is 602. The van der Waals surface area contributed by atoms with Gasteiger partial charge in [0.1, 0.15) is 11.6 Å². The minimum absolute atomic E-state index is 0.0498. The number of hydrogen-bond donors (Lipinski definition) is 0. The molecule has 1 atom stereocenters. The lowest BCUT2D eigenvalue weighted by Gasteiger charge is -2.15. The van der Waals surface area contributed by atoms with E-state index < -0.39 is 0 Å². The number of ether oxygens (including phenoxy) is 1. The molecule has 0 bridgehead atoms. The molecule has 1 aromatic heterocycles. The zero-order chi connectivity index (χ0) is 14.7. The van der Waals surface area contributed by atoms with E-state index >= 15 is 0 Å². The molecule has 0 N–H and O–H groups in total. The summed E-state index contributed by atoms with van der Waals surface area (Å²) < 4.78 is 22.0. The van der Waals surface area contributed by atoms with E-state index in [-0.39, 0.29) is 11.9 Å². The predicted molar refractivity (Wildman–Crippen MR) is 87.9 cm³/mol. The molecule has 0 aliphatic rings. The quantitative estimate of drug-likeness (QED) is 0.532. The summed E-state index contributed by atoms with van der Waals surface area (Å²) in [4.78, 5) is 4.57.